The first-order valence-corrected chi connectivity index (χ1v) is 10.9. The van der Waals surface area contributed by atoms with Crippen LogP contribution in [0.4, 0.5) is 5.69 Å². The number of methoxy groups -OCH3 is 1. The molecule has 0 saturated carbocycles. The predicted molar refractivity (Wildman–Crippen MR) is 120 cm³/mol. The topological polar surface area (TPSA) is 102 Å². The van der Waals surface area contributed by atoms with Crippen molar-refractivity contribution in [3.63, 3.8) is 0 Å². The molecular weight excluding hydrogens is 444 g/mol. The van der Waals surface area contributed by atoms with Crippen LogP contribution >= 0.6 is 11.3 Å². The predicted octanol–water partition coefficient (Wildman–Crippen LogP) is 3.30. The number of hydroxylamine groups is 2. The fraction of sp³-hybridized carbons (Fsp3) is 0.167. The van der Waals surface area contributed by atoms with Crippen molar-refractivity contribution in [3.05, 3.63) is 87.6 Å². The van der Waals surface area contributed by atoms with E-state index in [0.717, 1.165) is 10.4 Å². The fourth-order valence-electron chi connectivity index (χ4n) is 3.49. The number of imide groups is 1. The number of carbonyl (C=O) groups is 4. The Hall–Kier alpha value is -3.82. The number of anilines is 1. The summed E-state index contributed by atoms with van der Waals surface area (Å²) in [6.45, 7) is -0.0429. The lowest BCUT2D eigenvalue weighted by molar-refractivity contribution is -0.179. The quantitative estimate of drug-likeness (QED) is 0.327. The van der Waals surface area contributed by atoms with Gasteiger partial charge < -0.3 is 10.1 Å². The van der Waals surface area contributed by atoms with Gasteiger partial charge in [-0.3, -0.25) is 24.0 Å². The molecule has 1 atom stereocenters. The molecule has 4 rings (SSSR count). The van der Waals surface area contributed by atoms with E-state index in [1.165, 1.54) is 30.6 Å². The summed E-state index contributed by atoms with van der Waals surface area (Å²) >= 11 is 1.47. The number of rotatable bonds is 7. The first kappa shape index (κ1) is 22.4. The van der Waals surface area contributed by atoms with E-state index < -0.39 is 23.7 Å². The molecule has 3 amide bonds. The number of benzene rings is 2. The van der Waals surface area contributed by atoms with Crippen LogP contribution in [-0.4, -0.2) is 35.9 Å². The molecule has 0 radical (unpaired) electrons. The van der Waals surface area contributed by atoms with Crippen molar-refractivity contribution >= 4 is 40.7 Å². The lowest BCUT2D eigenvalue weighted by atomic mass is 9.89. The van der Waals surface area contributed by atoms with Gasteiger partial charge in [0.2, 0.25) is 5.91 Å². The molecule has 33 heavy (non-hydrogen) atoms. The number of nitrogens with zero attached hydrogens (tertiary/aromatic N) is 1. The largest absolute Gasteiger partial charge is 0.468 e. The van der Waals surface area contributed by atoms with Crippen molar-refractivity contribution < 1.29 is 28.8 Å². The molecule has 1 N–H and O–H groups in total. The van der Waals surface area contributed by atoms with Crippen molar-refractivity contribution in [2.75, 3.05) is 12.4 Å². The number of thiophene rings is 1. The van der Waals surface area contributed by atoms with Crippen LogP contribution in [0.25, 0.3) is 0 Å². The van der Waals surface area contributed by atoms with Crippen molar-refractivity contribution in [2.45, 2.75) is 18.9 Å². The highest BCUT2D eigenvalue weighted by Crippen LogP contribution is 2.33. The number of fused-ring (bicyclic) bond motifs is 1. The normalized spacial score (nSPS) is 15.2. The summed E-state index contributed by atoms with van der Waals surface area (Å²) < 4.78 is 4.79. The minimum absolute atomic E-state index is 0.0429. The van der Waals surface area contributed by atoms with Crippen LogP contribution in [0.15, 0.2) is 66.0 Å². The zero-order valence-electron chi connectivity index (χ0n) is 17.6. The molecule has 0 saturated heterocycles. The third-order valence-electron chi connectivity index (χ3n) is 5.06. The van der Waals surface area contributed by atoms with E-state index >= 15 is 0 Å². The van der Waals surface area contributed by atoms with Gasteiger partial charge in [-0.1, -0.05) is 42.5 Å². The summed E-state index contributed by atoms with van der Waals surface area (Å²) in [4.78, 5) is 57.3. The summed E-state index contributed by atoms with van der Waals surface area (Å²) in [6.07, 6.45) is 0.193. The minimum atomic E-state index is -1.35. The van der Waals surface area contributed by atoms with Gasteiger partial charge in [-0.05, 0) is 34.7 Å². The van der Waals surface area contributed by atoms with Crippen LogP contribution in [0, 0.1) is 0 Å². The number of esters is 1. The second-order valence-electron chi connectivity index (χ2n) is 7.26. The molecule has 1 unspecified atom stereocenters. The second kappa shape index (κ2) is 9.76. The van der Waals surface area contributed by atoms with E-state index in [0.29, 0.717) is 10.8 Å². The molecule has 3 aromatic rings. The van der Waals surface area contributed by atoms with Gasteiger partial charge in [-0.2, -0.15) is 0 Å². The van der Waals surface area contributed by atoms with Gasteiger partial charge in [0.1, 0.15) is 6.61 Å². The minimum Gasteiger partial charge on any atom is -0.468 e. The number of ether oxygens (including phenoxy) is 1. The fourth-order valence-corrected chi connectivity index (χ4v) is 4.19. The molecular formula is C24H20N2O6S. The number of amides is 3. The summed E-state index contributed by atoms with van der Waals surface area (Å²) in [7, 11) is 1.17. The molecule has 1 aliphatic heterocycles. The zero-order chi connectivity index (χ0) is 23.4. The number of hydrogen-bond donors (Lipinski definition) is 1. The third kappa shape index (κ3) is 4.84. The molecule has 0 fully saturated rings. The number of carbonyl (C=O) groups excluding carboxylic acids is 4. The monoisotopic (exact) mass is 464 g/mol. The first-order chi connectivity index (χ1) is 16.0. The van der Waals surface area contributed by atoms with Crippen LogP contribution in [0.5, 0.6) is 0 Å². The Morgan fingerprint density at radius 2 is 1.85 bits per heavy atom. The van der Waals surface area contributed by atoms with Crippen molar-refractivity contribution in [2.24, 2.45) is 0 Å². The average Bonchev–Trinajstić information content (AvgIpc) is 3.32. The highest BCUT2D eigenvalue weighted by Gasteiger charge is 2.44. The van der Waals surface area contributed by atoms with Crippen LogP contribution in [0.2, 0.25) is 0 Å². The van der Waals surface area contributed by atoms with Crippen molar-refractivity contribution in [3.8, 4) is 0 Å². The van der Waals surface area contributed by atoms with E-state index in [1.807, 2.05) is 23.6 Å². The molecule has 2 heterocycles. The van der Waals surface area contributed by atoms with E-state index in [9.17, 15) is 19.2 Å². The highest BCUT2D eigenvalue weighted by molar-refractivity contribution is 7.10. The maximum atomic E-state index is 13.1. The van der Waals surface area contributed by atoms with Crippen LogP contribution in [-0.2, 0) is 37.0 Å². The van der Waals surface area contributed by atoms with Crippen molar-refractivity contribution in [1.82, 2.24) is 5.06 Å². The maximum absolute atomic E-state index is 13.1. The van der Waals surface area contributed by atoms with Gasteiger partial charge in [-0.25, -0.2) is 0 Å². The van der Waals surface area contributed by atoms with Gasteiger partial charge in [0.25, 0.3) is 11.8 Å². The highest BCUT2D eigenvalue weighted by atomic mass is 32.1. The molecule has 0 spiro atoms. The molecule has 0 aliphatic carbocycles. The van der Waals surface area contributed by atoms with Crippen LogP contribution in [0.3, 0.4) is 0 Å². The Balaban J connectivity index is 1.60. The SMILES string of the molecule is COC(=O)C1C(=O)N(OCc2ccccc2)C(=O)c2cc(NC(=O)Cc3cccs3)ccc21. The Morgan fingerprint density at radius 3 is 2.55 bits per heavy atom. The standard InChI is InChI=1S/C24H20N2O6S/c1-31-24(30)21-18-10-9-16(25-20(27)13-17-8-5-11-33-17)12-19(18)22(28)26(23(21)29)32-14-15-6-3-2-4-7-15/h2-12,21H,13-14H2,1H3,(H,25,27). The van der Waals surface area contributed by atoms with Crippen molar-refractivity contribution in [1.29, 1.82) is 0 Å². The van der Waals surface area contributed by atoms with Crippen LogP contribution in [0.1, 0.15) is 32.3 Å². The van der Waals surface area contributed by atoms with Gasteiger partial charge in [0.05, 0.1) is 13.5 Å². The molecule has 1 aliphatic rings. The Bertz CT molecular complexity index is 1190. The summed E-state index contributed by atoms with van der Waals surface area (Å²) in [5.41, 5.74) is 1.39. The Morgan fingerprint density at radius 1 is 1.06 bits per heavy atom. The smallest absolute Gasteiger partial charge is 0.322 e. The van der Waals surface area contributed by atoms with Gasteiger partial charge >= 0.3 is 5.97 Å². The average molecular weight is 464 g/mol. The summed E-state index contributed by atoms with van der Waals surface area (Å²) in [5, 5.41) is 5.22. The molecule has 168 valence electrons. The Kier molecular flexibility index (Phi) is 6.62. The number of hydrogen-bond acceptors (Lipinski definition) is 7. The van der Waals surface area contributed by atoms with E-state index in [1.54, 1.807) is 30.3 Å². The molecule has 0 bridgehead atoms. The summed E-state index contributed by atoms with van der Waals surface area (Å²) in [6, 6.07) is 17.2. The van der Waals surface area contributed by atoms with E-state index in [2.05, 4.69) is 5.32 Å². The van der Waals surface area contributed by atoms with E-state index in [-0.39, 0.29) is 30.1 Å². The van der Waals surface area contributed by atoms with Crippen LogP contribution < -0.4 is 5.32 Å². The second-order valence-corrected chi connectivity index (χ2v) is 8.29. The first-order valence-electron chi connectivity index (χ1n) is 10.1. The van der Waals surface area contributed by atoms with Gasteiger partial charge in [-0.15, -0.1) is 16.4 Å². The Labute approximate surface area is 193 Å². The zero-order valence-corrected chi connectivity index (χ0v) is 18.5. The summed E-state index contributed by atoms with van der Waals surface area (Å²) in [5.74, 6) is -3.96. The van der Waals surface area contributed by atoms with Gasteiger partial charge in [0, 0.05) is 16.1 Å². The lowest BCUT2D eigenvalue weighted by Crippen LogP contribution is -2.47. The number of nitrogens with one attached hydrogen (secondary N) is 1. The molecule has 8 nitrogen and oxygen atoms in total. The maximum Gasteiger partial charge on any atom is 0.322 e. The molecule has 2 aromatic carbocycles. The molecule has 1 aromatic heterocycles. The van der Waals surface area contributed by atoms with E-state index in [4.69, 9.17) is 9.57 Å². The third-order valence-corrected chi connectivity index (χ3v) is 5.94. The lowest BCUT2D eigenvalue weighted by Gasteiger charge is -2.30. The van der Waals surface area contributed by atoms with Gasteiger partial charge in [0.15, 0.2) is 5.92 Å². The molecule has 9 heteroatoms.